The van der Waals surface area contributed by atoms with Gasteiger partial charge in [-0.15, -0.1) is 0 Å². The van der Waals surface area contributed by atoms with Gasteiger partial charge in [0, 0.05) is 23.9 Å². The molecule has 3 rings (SSSR count). The number of hydrogen-bond donors (Lipinski definition) is 0. The summed E-state index contributed by atoms with van der Waals surface area (Å²) in [5.41, 5.74) is 4.70. The average molecular weight is 257 g/mol. The molecule has 3 heterocycles. The van der Waals surface area contributed by atoms with Crippen molar-refractivity contribution in [1.82, 2.24) is 14.6 Å². The molecule has 0 aromatic carbocycles. The van der Waals surface area contributed by atoms with Crippen LogP contribution in [0, 0.1) is 20.8 Å². The summed E-state index contributed by atoms with van der Waals surface area (Å²) in [4.78, 5) is 4.26. The van der Waals surface area contributed by atoms with Crippen LogP contribution in [0.5, 0.6) is 5.88 Å². The number of hydrogen-bond acceptors (Lipinski definition) is 4. The molecule has 0 aliphatic heterocycles. The molecule has 98 valence electrons. The van der Waals surface area contributed by atoms with Gasteiger partial charge in [0.2, 0.25) is 11.6 Å². The predicted octanol–water partition coefficient (Wildman–Crippen LogP) is 2.92. The van der Waals surface area contributed by atoms with E-state index < -0.39 is 0 Å². The summed E-state index contributed by atoms with van der Waals surface area (Å²) in [6.07, 6.45) is 1.79. The molecule has 3 aromatic rings. The highest BCUT2D eigenvalue weighted by Gasteiger charge is 2.17. The maximum atomic E-state index is 5.73. The SMILES string of the molecule is COc1cc(C)c(-c2c(C)oc3cc(C)nn23)cn1. The van der Waals surface area contributed by atoms with Crippen molar-refractivity contribution < 1.29 is 9.15 Å². The number of oxazole rings is 1. The third-order valence-corrected chi connectivity index (χ3v) is 3.15. The van der Waals surface area contributed by atoms with E-state index in [9.17, 15) is 0 Å². The van der Waals surface area contributed by atoms with Gasteiger partial charge >= 0.3 is 0 Å². The van der Waals surface area contributed by atoms with E-state index in [-0.39, 0.29) is 0 Å². The Morgan fingerprint density at radius 2 is 2.00 bits per heavy atom. The van der Waals surface area contributed by atoms with Crippen molar-refractivity contribution in [2.24, 2.45) is 0 Å². The molecule has 0 spiro atoms. The van der Waals surface area contributed by atoms with Crippen molar-refractivity contribution in [2.45, 2.75) is 20.8 Å². The van der Waals surface area contributed by atoms with E-state index in [1.165, 1.54) is 0 Å². The van der Waals surface area contributed by atoms with E-state index in [0.29, 0.717) is 5.88 Å². The smallest absolute Gasteiger partial charge is 0.222 e. The second-order valence-corrected chi connectivity index (χ2v) is 4.58. The molecular weight excluding hydrogens is 242 g/mol. The van der Waals surface area contributed by atoms with Crippen molar-refractivity contribution in [2.75, 3.05) is 7.11 Å². The van der Waals surface area contributed by atoms with Crippen LogP contribution in [0.2, 0.25) is 0 Å². The van der Waals surface area contributed by atoms with Crippen molar-refractivity contribution in [3.63, 3.8) is 0 Å². The normalized spacial score (nSPS) is 11.2. The average Bonchev–Trinajstić information content (AvgIpc) is 2.84. The van der Waals surface area contributed by atoms with Gasteiger partial charge < -0.3 is 9.15 Å². The minimum absolute atomic E-state index is 0.607. The van der Waals surface area contributed by atoms with Gasteiger partial charge in [-0.25, -0.2) is 4.98 Å². The Hall–Kier alpha value is -2.30. The molecule has 5 nitrogen and oxygen atoms in total. The molecule has 0 saturated carbocycles. The number of fused-ring (bicyclic) bond motifs is 1. The van der Waals surface area contributed by atoms with Crippen LogP contribution in [0.1, 0.15) is 17.0 Å². The molecule has 5 heteroatoms. The van der Waals surface area contributed by atoms with Crippen LogP contribution >= 0.6 is 0 Å². The molecule has 0 amide bonds. The molecular formula is C14H15N3O2. The van der Waals surface area contributed by atoms with Gasteiger partial charge in [0.1, 0.15) is 11.5 Å². The van der Waals surface area contributed by atoms with Crippen molar-refractivity contribution >= 4 is 5.71 Å². The number of ether oxygens (including phenoxy) is 1. The van der Waals surface area contributed by atoms with E-state index in [0.717, 1.165) is 34.0 Å². The number of pyridine rings is 1. The van der Waals surface area contributed by atoms with Gasteiger partial charge in [-0.3, -0.25) is 0 Å². The standard InChI is InChI=1S/C14H15N3O2/c1-8-5-12(18-4)15-7-11(8)14-10(3)19-13-6-9(2)16-17(13)14/h5-7H,1-4H3. The summed E-state index contributed by atoms with van der Waals surface area (Å²) in [5, 5.41) is 4.46. The summed E-state index contributed by atoms with van der Waals surface area (Å²) in [6, 6.07) is 3.83. The highest BCUT2D eigenvalue weighted by atomic mass is 16.5. The molecule has 0 bridgehead atoms. The summed E-state index contributed by atoms with van der Waals surface area (Å²) < 4.78 is 12.7. The Kier molecular flexibility index (Phi) is 2.55. The van der Waals surface area contributed by atoms with Crippen LogP contribution in [-0.4, -0.2) is 21.7 Å². The molecule has 0 saturated heterocycles. The Morgan fingerprint density at radius 1 is 1.21 bits per heavy atom. The van der Waals surface area contributed by atoms with Crippen LogP contribution < -0.4 is 4.74 Å². The van der Waals surface area contributed by atoms with Gasteiger partial charge in [-0.1, -0.05) is 0 Å². The fraction of sp³-hybridized carbons (Fsp3) is 0.286. The van der Waals surface area contributed by atoms with Crippen LogP contribution in [0.3, 0.4) is 0 Å². The van der Waals surface area contributed by atoms with Crippen LogP contribution in [0.4, 0.5) is 0 Å². The number of rotatable bonds is 2. The zero-order chi connectivity index (χ0) is 13.6. The minimum Gasteiger partial charge on any atom is -0.481 e. The van der Waals surface area contributed by atoms with Crippen LogP contribution in [-0.2, 0) is 0 Å². The lowest BCUT2D eigenvalue weighted by Gasteiger charge is -2.06. The summed E-state index contributed by atoms with van der Waals surface area (Å²) >= 11 is 0. The zero-order valence-electron chi connectivity index (χ0n) is 11.4. The van der Waals surface area contributed by atoms with Crippen LogP contribution in [0.15, 0.2) is 22.7 Å². The maximum Gasteiger partial charge on any atom is 0.222 e. The molecule has 0 aliphatic rings. The molecule has 0 atom stereocenters. The lowest BCUT2D eigenvalue weighted by atomic mass is 10.1. The number of aryl methyl sites for hydroxylation is 3. The number of nitrogens with zero attached hydrogens (tertiary/aromatic N) is 3. The Morgan fingerprint density at radius 3 is 2.68 bits per heavy atom. The first kappa shape index (κ1) is 11.8. The van der Waals surface area contributed by atoms with E-state index in [1.54, 1.807) is 13.3 Å². The first-order valence-corrected chi connectivity index (χ1v) is 6.07. The summed E-state index contributed by atoms with van der Waals surface area (Å²) in [5.74, 6) is 1.44. The quantitative estimate of drug-likeness (QED) is 0.708. The van der Waals surface area contributed by atoms with Gasteiger partial charge in [0.15, 0.2) is 0 Å². The number of aromatic nitrogens is 3. The van der Waals surface area contributed by atoms with Gasteiger partial charge in [-0.2, -0.15) is 9.61 Å². The Balaban J connectivity index is 2.26. The molecule has 3 aromatic heterocycles. The van der Waals surface area contributed by atoms with E-state index in [4.69, 9.17) is 9.15 Å². The summed E-state index contributed by atoms with van der Waals surface area (Å²) in [6.45, 7) is 5.90. The number of methoxy groups -OCH3 is 1. The predicted molar refractivity (Wildman–Crippen MR) is 71.5 cm³/mol. The monoisotopic (exact) mass is 257 g/mol. The molecule has 0 N–H and O–H groups in total. The van der Waals surface area contributed by atoms with Gasteiger partial charge in [0.25, 0.3) is 0 Å². The Bertz CT molecular complexity index is 755. The fourth-order valence-corrected chi connectivity index (χ4v) is 2.26. The first-order valence-electron chi connectivity index (χ1n) is 6.07. The van der Waals surface area contributed by atoms with E-state index in [2.05, 4.69) is 10.1 Å². The fourth-order valence-electron chi connectivity index (χ4n) is 2.26. The van der Waals surface area contributed by atoms with Crippen molar-refractivity contribution in [1.29, 1.82) is 0 Å². The molecule has 0 fully saturated rings. The zero-order valence-corrected chi connectivity index (χ0v) is 11.4. The topological polar surface area (TPSA) is 52.6 Å². The highest BCUT2D eigenvalue weighted by molar-refractivity contribution is 5.68. The second kappa shape index (κ2) is 4.12. The van der Waals surface area contributed by atoms with Crippen molar-refractivity contribution in [3.05, 3.63) is 35.3 Å². The lowest BCUT2D eigenvalue weighted by Crippen LogP contribution is -1.96. The first-order chi connectivity index (χ1) is 9.10. The maximum absolute atomic E-state index is 5.73. The Labute approximate surface area is 110 Å². The van der Waals surface area contributed by atoms with Crippen LogP contribution in [0.25, 0.3) is 17.0 Å². The third-order valence-electron chi connectivity index (χ3n) is 3.15. The molecule has 19 heavy (non-hydrogen) atoms. The minimum atomic E-state index is 0.607. The van der Waals surface area contributed by atoms with Gasteiger partial charge in [0.05, 0.1) is 12.8 Å². The largest absolute Gasteiger partial charge is 0.481 e. The molecule has 0 radical (unpaired) electrons. The van der Waals surface area contributed by atoms with Gasteiger partial charge in [-0.05, 0) is 26.3 Å². The third kappa shape index (κ3) is 1.78. The lowest BCUT2D eigenvalue weighted by molar-refractivity contribution is 0.397. The van der Waals surface area contributed by atoms with E-state index in [1.807, 2.05) is 37.4 Å². The van der Waals surface area contributed by atoms with E-state index >= 15 is 0 Å². The highest BCUT2D eigenvalue weighted by Crippen LogP contribution is 2.30. The van der Waals surface area contributed by atoms with Crippen molar-refractivity contribution in [3.8, 4) is 17.1 Å². The summed E-state index contributed by atoms with van der Waals surface area (Å²) in [7, 11) is 1.61. The second-order valence-electron chi connectivity index (χ2n) is 4.58. The molecule has 0 aliphatic carbocycles. The molecule has 0 unspecified atom stereocenters.